The van der Waals surface area contributed by atoms with Gasteiger partial charge in [0.25, 0.3) is 0 Å². The number of hydrogen-bond donors (Lipinski definition) is 1. The standard InChI is InChI=1S/C11H10ClNO4/c1-16-8-4-6-5(9(12)11(8)17-2)3-7(13-15)10(6)14/h4,15H,3H2,1-2H3/b13-7-. The molecule has 1 aromatic carbocycles. The first kappa shape index (κ1) is 11.7. The van der Waals surface area contributed by atoms with Crippen molar-refractivity contribution in [2.45, 2.75) is 6.42 Å². The summed E-state index contributed by atoms with van der Waals surface area (Å²) in [7, 11) is 2.93. The number of halogens is 1. The molecule has 0 atom stereocenters. The molecular formula is C11H10ClNO4. The Kier molecular flexibility index (Phi) is 2.93. The van der Waals surface area contributed by atoms with Gasteiger partial charge in [-0.2, -0.15) is 0 Å². The second-order valence-electron chi connectivity index (χ2n) is 3.50. The summed E-state index contributed by atoms with van der Waals surface area (Å²) in [6, 6.07) is 1.54. The molecule has 0 unspecified atom stereocenters. The molecule has 0 saturated heterocycles. The summed E-state index contributed by atoms with van der Waals surface area (Å²) in [4.78, 5) is 11.8. The molecule has 5 nitrogen and oxygen atoms in total. The lowest BCUT2D eigenvalue weighted by Crippen LogP contribution is -2.07. The van der Waals surface area contributed by atoms with Gasteiger partial charge in [0.1, 0.15) is 5.71 Å². The van der Waals surface area contributed by atoms with Gasteiger partial charge >= 0.3 is 0 Å². The van der Waals surface area contributed by atoms with Crippen LogP contribution in [0.3, 0.4) is 0 Å². The first-order valence-corrected chi connectivity index (χ1v) is 5.20. The molecule has 2 rings (SSSR count). The fourth-order valence-electron chi connectivity index (χ4n) is 1.85. The van der Waals surface area contributed by atoms with Gasteiger partial charge in [0.05, 0.1) is 19.2 Å². The van der Waals surface area contributed by atoms with E-state index in [9.17, 15) is 4.79 Å². The van der Waals surface area contributed by atoms with E-state index in [1.165, 1.54) is 14.2 Å². The molecule has 0 radical (unpaired) electrons. The quantitative estimate of drug-likeness (QED) is 0.648. The maximum atomic E-state index is 11.8. The first-order valence-electron chi connectivity index (χ1n) is 4.83. The van der Waals surface area contributed by atoms with Crippen molar-refractivity contribution < 1.29 is 19.5 Å². The van der Waals surface area contributed by atoms with Crippen LogP contribution in [-0.2, 0) is 6.42 Å². The average molecular weight is 256 g/mol. The smallest absolute Gasteiger partial charge is 0.211 e. The maximum absolute atomic E-state index is 11.8. The number of carbonyl (C=O) groups is 1. The number of nitrogens with zero attached hydrogens (tertiary/aromatic N) is 1. The molecule has 0 heterocycles. The summed E-state index contributed by atoms with van der Waals surface area (Å²) in [5, 5.41) is 12.0. The molecule has 0 fully saturated rings. The number of carbonyl (C=O) groups excluding carboxylic acids is 1. The number of Topliss-reactive ketones (excluding diaryl/α,β-unsaturated/α-hetero) is 1. The predicted molar refractivity (Wildman–Crippen MR) is 61.8 cm³/mol. The van der Waals surface area contributed by atoms with Crippen molar-refractivity contribution in [2.24, 2.45) is 5.16 Å². The SMILES string of the molecule is COc1cc2c(c(Cl)c1OC)C/C(=N/O)C2=O. The lowest BCUT2D eigenvalue weighted by Gasteiger charge is -2.11. The number of benzene rings is 1. The lowest BCUT2D eigenvalue weighted by atomic mass is 10.1. The fraction of sp³-hybridized carbons (Fsp3) is 0.273. The number of ether oxygens (including phenoxy) is 2. The van der Waals surface area contributed by atoms with Gasteiger partial charge in [0, 0.05) is 12.0 Å². The topological polar surface area (TPSA) is 68.1 Å². The molecule has 1 aliphatic carbocycles. The third-order valence-electron chi connectivity index (χ3n) is 2.68. The third-order valence-corrected chi connectivity index (χ3v) is 3.08. The molecule has 90 valence electrons. The van der Waals surface area contributed by atoms with Crippen molar-refractivity contribution in [3.63, 3.8) is 0 Å². The van der Waals surface area contributed by atoms with Gasteiger partial charge in [0.2, 0.25) is 5.78 Å². The number of ketones is 1. The number of oxime groups is 1. The van der Waals surface area contributed by atoms with Crippen LogP contribution in [0.1, 0.15) is 15.9 Å². The van der Waals surface area contributed by atoms with E-state index in [0.717, 1.165) is 0 Å². The molecule has 0 spiro atoms. The minimum absolute atomic E-state index is 0.0669. The minimum Gasteiger partial charge on any atom is -0.493 e. The Hall–Kier alpha value is -1.75. The van der Waals surface area contributed by atoms with Crippen molar-refractivity contribution in [2.75, 3.05) is 14.2 Å². The summed E-state index contributed by atoms with van der Waals surface area (Å²) in [6.45, 7) is 0. The lowest BCUT2D eigenvalue weighted by molar-refractivity contribution is 0.106. The summed E-state index contributed by atoms with van der Waals surface area (Å²) < 4.78 is 10.2. The van der Waals surface area contributed by atoms with Gasteiger partial charge in [-0.05, 0) is 11.6 Å². The Morgan fingerprint density at radius 3 is 2.65 bits per heavy atom. The Morgan fingerprint density at radius 1 is 1.41 bits per heavy atom. The molecule has 17 heavy (non-hydrogen) atoms. The maximum Gasteiger partial charge on any atom is 0.211 e. The van der Waals surface area contributed by atoms with E-state index in [4.69, 9.17) is 26.3 Å². The number of hydrogen-bond acceptors (Lipinski definition) is 5. The zero-order valence-electron chi connectivity index (χ0n) is 9.28. The third kappa shape index (κ3) is 1.63. The highest BCUT2D eigenvalue weighted by atomic mass is 35.5. The van der Waals surface area contributed by atoms with E-state index in [1.807, 2.05) is 0 Å². The van der Waals surface area contributed by atoms with Gasteiger partial charge < -0.3 is 14.7 Å². The molecule has 0 bridgehead atoms. The molecule has 1 aliphatic rings. The molecule has 0 amide bonds. The zero-order chi connectivity index (χ0) is 12.6. The van der Waals surface area contributed by atoms with Gasteiger partial charge in [0.15, 0.2) is 11.5 Å². The molecule has 1 aromatic rings. The molecule has 6 heteroatoms. The van der Waals surface area contributed by atoms with Crippen LogP contribution in [0.5, 0.6) is 11.5 Å². The van der Waals surface area contributed by atoms with Gasteiger partial charge in [-0.3, -0.25) is 4.79 Å². The van der Waals surface area contributed by atoms with Crippen LogP contribution in [0.2, 0.25) is 5.02 Å². The van der Waals surface area contributed by atoms with Gasteiger partial charge in [-0.15, -0.1) is 0 Å². The second-order valence-corrected chi connectivity index (χ2v) is 3.88. The summed E-state index contributed by atoms with van der Waals surface area (Å²) >= 11 is 6.13. The second kappa shape index (κ2) is 4.25. The number of methoxy groups -OCH3 is 2. The van der Waals surface area contributed by atoms with E-state index in [2.05, 4.69) is 5.16 Å². The predicted octanol–water partition coefficient (Wildman–Crippen LogP) is 1.93. The van der Waals surface area contributed by atoms with Crippen molar-refractivity contribution in [3.8, 4) is 11.5 Å². The summed E-state index contributed by atoms with van der Waals surface area (Å²) in [5.41, 5.74) is 1.06. The summed E-state index contributed by atoms with van der Waals surface area (Å²) in [6.07, 6.45) is 0.198. The molecule has 0 aromatic heterocycles. The average Bonchev–Trinajstić information content (AvgIpc) is 2.66. The minimum atomic E-state index is -0.342. The van der Waals surface area contributed by atoms with Crippen molar-refractivity contribution >= 4 is 23.1 Å². The van der Waals surface area contributed by atoms with Crippen LogP contribution in [-0.4, -0.2) is 30.9 Å². The van der Waals surface area contributed by atoms with Crippen LogP contribution in [0.4, 0.5) is 0 Å². The highest BCUT2D eigenvalue weighted by molar-refractivity contribution is 6.50. The first-order chi connectivity index (χ1) is 8.13. The molecule has 0 aliphatic heterocycles. The highest BCUT2D eigenvalue weighted by Gasteiger charge is 2.32. The van der Waals surface area contributed by atoms with Crippen LogP contribution < -0.4 is 9.47 Å². The zero-order valence-corrected chi connectivity index (χ0v) is 10.0. The van der Waals surface area contributed by atoms with E-state index >= 15 is 0 Å². The summed E-state index contributed by atoms with van der Waals surface area (Å²) in [5.74, 6) is 0.411. The Balaban J connectivity index is 2.68. The number of rotatable bonds is 2. The fourth-order valence-corrected chi connectivity index (χ4v) is 2.19. The van der Waals surface area contributed by atoms with Crippen molar-refractivity contribution in [1.82, 2.24) is 0 Å². The normalized spacial score (nSPS) is 16.2. The van der Waals surface area contributed by atoms with Crippen LogP contribution in [0.15, 0.2) is 11.2 Å². The van der Waals surface area contributed by atoms with E-state index in [-0.39, 0.29) is 17.9 Å². The Labute approximate surface area is 103 Å². The van der Waals surface area contributed by atoms with Crippen LogP contribution >= 0.6 is 11.6 Å². The van der Waals surface area contributed by atoms with E-state index in [0.29, 0.717) is 27.6 Å². The highest BCUT2D eigenvalue weighted by Crippen LogP contribution is 2.42. The van der Waals surface area contributed by atoms with E-state index < -0.39 is 0 Å². The molecular weight excluding hydrogens is 246 g/mol. The van der Waals surface area contributed by atoms with Gasteiger partial charge in [-0.25, -0.2) is 0 Å². The van der Waals surface area contributed by atoms with Crippen molar-refractivity contribution in [1.29, 1.82) is 0 Å². The van der Waals surface area contributed by atoms with Gasteiger partial charge in [-0.1, -0.05) is 16.8 Å². The number of fused-ring (bicyclic) bond motifs is 1. The molecule has 1 N–H and O–H groups in total. The van der Waals surface area contributed by atoms with Crippen molar-refractivity contribution in [3.05, 3.63) is 22.2 Å². The monoisotopic (exact) mass is 255 g/mol. The largest absolute Gasteiger partial charge is 0.493 e. The Morgan fingerprint density at radius 2 is 2.12 bits per heavy atom. The molecule has 0 saturated carbocycles. The van der Waals surface area contributed by atoms with Crippen LogP contribution in [0.25, 0.3) is 0 Å². The van der Waals surface area contributed by atoms with Crippen LogP contribution in [0, 0.1) is 0 Å². The van der Waals surface area contributed by atoms with E-state index in [1.54, 1.807) is 6.07 Å². The Bertz CT molecular complexity index is 525.